The molecule has 1 fully saturated rings. The number of nitrogens with one attached hydrogen (secondary N) is 1. The fraction of sp³-hybridized carbons (Fsp3) is 0.385. The second-order valence-electron chi connectivity index (χ2n) is 14.0. The zero-order valence-corrected chi connectivity index (χ0v) is 31.6. The zero-order valence-electron chi connectivity index (χ0n) is 30.8. The molecule has 2 aliphatic rings. The summed E-state index contributed by atoms with van der Waals surface area (Å²) in [6.07, 6.45) is 1.97. The molecule has 278 valence electrons. The number of pyridine rings is 1. The highest BCUT2D eigenvalue weighted by molar-refractivity contribution is 7.92. The summed E-state index contributed by atoms with van der Waals surface area (Å²) in [5.41, 5.74) is 4.12. The number of sulfonamides is 1. The normalized spacial score (nSPS) is 17.2. The molecule has 0 saturated carbocycles. The van der Waals surface area contributed by atoms with Crippen LogP contribution in [0.25, 0.3) is 11.3 Å². The predicted molar refractivity (Wildman–Crippen MR) is 204 cm³/mol. The lowest BCUT2D eigenvalue weighted by Gasteiger charge is -2.36. The van der Waals surface area contributed by atoms with Crippen molar-refractivity contribution in [2.75, 3.05) is 49.6 Å². The molecule has 0 radical (unpaired) electrons. The summed E-state index contributed by atoms with van der Waals surface area (Å²) in [5, 5.41) is 0. The molecule has 13 heteroatoms. The first-order valence-electron chi connectivity index (χ1n) is 17.2. The van der Waals surface area contributed by atoms with Gasteiger partial charge in [-0.1, -0.05) is 57.7 Å². The third-order valence-electron chi connectivity index (χ3n) is 8.66. The second kappa shape index (κ2) is 16.6. The lowest BCUT2D eigenvalue weighted by atomic mass is 9.87. The van der Waals surface area contributed by atoms with Crippen molar-refractivity contribution in [1.82, 2.24) is 19.9 Å². The maximum atomic E-state index is 14.5. The third kappa shape index (κ3) is 9.65. The first kappa shape index (κ1) is 38.2. The highest BCUT2D eigenvalue weighted by Crippen LogP contribution is 2.32. The maximum absolute atomic E-state index is 14.5. The van der Waals surface area contributed by atoms with Gasteiger partial charge < -0.3 is 24.0 Å². The van der Waals surface area contributed by atoms with Crippen LogP contribution in [0.15, 0.2) is 84.5 Å². The van der Waals surface area contributed by atoms with Crippen molar-refractivity contribution >= 4 is 27.7 Å². The van der Waals surface area contributed by atoms with E-state index in [2.05, 4.69) is 51.7 Å². The number of nitrogens with zero attached hydrogens (tertiary/aromatic N) is 5. The van der Waals surface area contributed by atoms with Gasteiger partial charge >= 0.3 is 0 Å². The number of hydrogen-bond acceptors (Lipinski definition) is 10. The first-order valence-corrected chi connectivity index (χ1v) is 18.7. The van der Waals surface area contributed by atoms with Gasteiger partial charge in [-0.25, -0.2) is 23.1 Å². The molecule has 0 unspecified atom stereocenters. The monoisotopic (exact) mass is 730 g/mol. The van der Waals surface area contributed by atoms with Crippen molar-refractivity contribution in [1.29, 1.82) is 0 Å². The summed E-state index contributed by atoms with van der Waals surface area (Å²) in [7, 11) is -2.60. The Balaban J connectivity index is 0.00000119. The van der Waals surface area contributed by atoms with Crippen LogP contribution >= 0.6 is 0 Å². The molecule has 1 N–H and O–H groups in total. The number of benzene rings is 2. The predicted octanol–water partition coefficient (Wildman–Crippen LogP) is 6.65. The average molecular weight is 731 g/mol. The van der Waals surface area contributed by atoms with Gasteiger partial charge in [-0.3, -0.25) is 4.79 Å². The van der Waals surface area contributed by atoms with Crippen LogP contribution in [-0.4, -0.2) is 80.2 Å². The number of morpholine rings is 1. The fourth-order valence-corrected chi connectivity index (χ4v) is 7.23. The molecule has 2 aromatic carbocycles. The molecule has 2 aromatic heterocycles. The SMILES string of the molecule is C=COC.Cc1cccc(C)c1-c1cc2nc(n1)NS(=O)(=O)c1cccc(c1)C(=O)N(Cc1cccc(N3CCOCC3)n1)[C@H](CC(C)(C)C)CO2.[HH]. The van der Waals surface area contributed by atoms with Crippen LogP contribution in [0.3, 0.4) is 0 Å². The van der Waals surface area contributed by atoms with Gasteiger partial charge in [-0.05, 0) is 67.1 Å². The highest BCUT2D eigenvalue weighted by atomic mass is 32.2. The number of amides is 1. The second-order valence-corrected chi connectivity index (χ2v) is 15.6. The number of aryl methyl sites for hydroxylation is 2. The molecule has 4 bridgehead atoms. The minimum Gasteiger partial charge on any atom is -0.505 e. The van der Waals surface area contributed by atoms with Crippen molar-refractivity contribution in [2.24, 2.45) is 5.41 Å². The van der Waals surface area contributed by atoms with E-state index in [1.165, 1.54) is 18.4 Å². The summed E-state index contributed by atoms with van der Waals surface area (Å²) in [5.74, 6) is 0.584. The highest BCUT2D eigenvalue weighted by Gasteiger charge is 2.32. The summed E-state index contributed by atoms with van der Waals surface area (Å²) in [4.78, 5) is 32.4. The molecular formula is C39H50N6O6S. The molecule has 4 heterocycles. The van der Waals surface area contributed by atoms with E-state index in [9.17, 15) is 13.2 Å². The molecule has 4 aromatic rings. The van der Waals surface area contributed by atoms with Gasteiger partial charge in [0.15, 0.2) is 0 Å². The van der Waals surface area contributed by atoms with E-state index in [4.69, 9.17) is 14.5 Å². The molecular weight excluding hydrogens is 681 g/mol. The van der Waals surface area contributed by atoms with Gasteiger partial charge in [0.1, 0.15) is 12.4 Å². The van der Waals surface area contributed by atoms with Gasteiger partial charge in [0.2, 0.25) is 11.8 Å². The largest absolute Gasteiger partial charge is 0.505 e. The Kier molecular flexibility index (Phi) is 12.2. The maximum Gasteiger partial charge on any atom is 0.264 e. The molecule has 52 heavy (non-hydrogen) atoms. The Labute approximate surface area is 308 Å². The smallest absolute Gasteiger partial charge is 0.264 e. The first-order chi connectivity index (χ1) is 24.8. The fourth-order valence-electron chi connectivity index (χ4n) is 6.24. The van der Waals surface area contributed by atoms with E-state index in [1.54, 1.807) is 30.2 Å². The number of hydrogen-bond donors (Lipinski definition) is 1. The summed E-state index contributed by atoms with van der Waals surface area (Å²) >= 11 is 0. The van der Waals surface area contributed by atoms with E-state index in [0.29, 0.717) is 31.0 Å². The van der Waals surface area contributed by atoms with Crippen LogP contribution in [0, 0.1) is 19.3 Å². The minimum absolute atomic E-state index is 0. The standard InChI is InChI=1S/C36H42N6O5S.C3H6O.H2/c1-24-9-6-10-25(2)33(24)30-20-32-39-35(38-30)40-48(44,45)29-13-7-11-26(19-29)34(43)42(28(23-47-32)21-36(3,4)5)22-27-12-8-14-31(37-27)41-15-17-46-18-16-41;1-3-4-2;/h6-14,19-20,28H,15-18,21-23H2,1-5H3,(H,38,39,40);3H,1H2,2H3;1H/t28-;;/m1../s1. The van der Waals surface area contributed by atoms with Gasteiger partial charge in [0, 0.05) is 31.7 Å². The Morgan fingerprint density at radius 3 is 2.35 bits per heavy atom. The number of aromatic nitrogens is 3. The molecule has 1 saturated heterocycles. The Bertz CT molecular complexity index is 1980. The van der Waals surface area contributed by atoms with Crippen LogP contribution in [0.2, 0.25) is 0 Å². The number of carbonyl (C=O) groups is 1. The van der Waals surface area contributed by atoms with Crippen LogP contribution in [0.5, 0.6) is 5.88 Å². The molecule has 0 spiro atoms. The van der Waals surface area contributed by atoms with Gasteiger partial charge in [-0.15, -0.1) is 0 Å². The van der Waals surface area contributed by atoms with E-state index >= 15 is 0 Å². The minimum atomic E-state index is -4.17. The van der Waals surface area contributed by atoms with Crippen molar-refractivity contribution in [2.45, 2.75) is 58.5 Å². The Morgan fingerprint density at radius 2 is 1.67 bits per heavy atom. The molecule has 2 aliphatic heterocycles. The molecule has 1 atom stereocenters. The Morgan fingerprint density at radius 1 is 1.00 bits per heavy atom. The topological polar surface area (TPSA) is 136 Å². The third-order valence-corrected chi connectivity index (χ3v) is 9.98. The molecule has 6 rings (SSSR count). The van der Waals surface area contributed by atoms with E-state index in [1.807, 2.05) is 50.2 Å². The zero-order chi connectivity index (χ0) is 37.5. The number of fused-ring (bicyclic) bond motifs is 4. The number of carbonyl (C=O) groups excluding carboxylic acids is 1. The van der Waals surface area contributed by atoms with Crippen molar-refractivity contribution < 1.29 is 28.8 Å². The molecule has 1 amide bonds. The van der Waals surface area contributed by atoms with E-state index < -0.39 is 16.1 Å². The summed E-state index contributed by atoms with van der Waals surface area (Å²) < 4.78 is 46.1. The molecule has 0 aliphatic carbocycles. The van der Waals surface area contributed by atoms with Crippen molar-refractivity contribution in [3.8, 4) is 17.1 Å². The van der Waals surface area contributed by atoms with E-state index in [0.717, 1.165) is 35.6 Å². The number of ether oxygens (including phenoxy) is 3. The average Bonchev–Trinajstić information content (AvgIpc) is 3.12. The lowest BCUT2D eigenvalue weighted by molar-refractivity contribution is 0.0509. The lowest BCUT2D eigenvalue weighted by Crippen LogP contribution is -2.45. The van der Waals surface area contributed by atoms with Crippen LogP contribution in [-0.2, 0) is 26.0 Å². The van der Waals surface area contributed by atoms with E-state index in [-0.39, 0.29) is 48.2 Å². The Hall–Kier alpha value is -5.01. The quantitative estimate of drug-likeness (QED) is 0.215. The van der Waals surface area contributed by atoms with Gasteiger partial charge in [0.25, 0.3) is 15.9 Å². The van der Waals surface area contributed by atoms with Crippen LogP contribution in [0.1, 0.15) is 55.8 Å². The molecule has 12 nitrogen and oxygen atoms in total. The number of rotatable bonds is 6. The van der Waals surface area contributed by atoms with Crippen LogP contribution in [0.4, 0.5) is 11.8 Å². The summed E-state index contributed by atoms with van der Waals surface area (Å²) in [6.45, 7) is 16.6. The van der Waals surface area contributed by atoms with Gasteiger partial charge in [0.05, 0.1) is 55.5 Å². The van der Waals surface area contributed by atoms with Crippen molar-refractivity contribution in [3.63, 3.8) is 0 Å². The summed E-state index contributed by atoms with van der Waals surface area (Å²) in [6, 6.07) is 19.1. The van der Waals surface area contributed by atoms with Crippen LogP contribution < -0.4 is 14.4 Å². The number of methoxy groups -OCH3 is 1. The van der Waals surface area contributed by atoms with Crippen molar-refractivity contribution in [3.05, 3.63) is 102 Å². The van der Waals surface area contributed by atoms with Gasteiger partial charge in [-0.2, -0.15) is 4.98 Å². The number of anilines is 2.